The smallest absolute Gasteiger partial charge is 0.328 e. The van der Waals surface area contributed by atoms with Crippen LogP contribution in [-0.2, 0) is 4.79 Å². The van der Waals surface area contributed by atoms with Crippen LogP contribution in [0.4, 0.5) is 0 Å². The van der Waals surface area contributed by atoms with Gasteiger partial charge in [0.1, 0.15) is 0 Å². The number of hydrogen-bond acceptors (Lipinski definition) is 2. The molecule has 63 valence electrons. The largest absolute Gasteiger partial charge is 0.478 e. The molecule has 0 aliphatic heterocycles. The van der Waals surface area contributed by atoms with Crippen LogP contribution in [0.3, 0.4) is 0 Å². The van der Waals surface area contributed by atoms with Crippen LogP contribution in [0.5, 0.6) is 0 Å². The van der Waals surface area contributed by atoms with Crippen LogP contribution in [-0.4, -0.2) is 16.1 Å². The van der Waals surface area contributed by atoms with Gasteiger partial charge in [0.25, 0.3) is 0 Å². The van der Waals surface area contributed by atoms with Gasteiger partial charge in [0.05, 0.1) is 0 Å². The molecule has 0 atom stereocenters. The Morgan fingerprint density at radius 1 is 1.58 bits per heavy atom. The van der Waals surface area contributed by atoms with Crippen molar-refractivity contribution in [2.45, 2.75) is 0 Å². The average molecular weight is 301 g/mol. The van der Waals surface area contributed by atoms with Crippen LogP contribution in [0.1, 0.15) is 5.56 Å². The van der Waals surface area contributed by atoms with Crippen LogP contribution >= 0.6 is 0 Å². The fourth-order valence-corrected chi connectivity index (χ4v) is 0.642. The summed E-state index contributed by atoms with van der Waals surface area (Å²) in [5.74, 6) is -0.950. The Morgan fingerprint density at radius 3 is 2.83 bits per heavy atom. The maximum absolute atomic E-state index is 10.1. The molecule has 0 bridgehead atoms. The van der Waals surface area contributed by atoms with E-state index >= 15 is 0 Å². The molecule has 0 aliphatic carbocycles. The number of carboxylic acids is 1. The van der Waals surface area contributed by atoms with Crippen LogP contribution in [0, 0.1) is 49.4 Å². The summed E-state index contributed by atoms with van der Waals surface area (Å²) in [6, 6.07) is 3.54. The molecule has 3 nitrogen and oxygen atoms in total. The molecule has 1 aromatic heterocycles. The molecule has 1 heterocycles. The van der Waals surface area contributed by atoms with E-state index in [0.29, 0.717) is 0 Å². The quantitative estimate of drug-likeness (QED) is 0.835. The third-order valence-corrected chi connectivity index (χ3v) is 1.10. The van der Waals surface area contributed by atoms with Crippen molar-refractivity contribution in [2.75, 3.05) is 0 Å². The molecule has 12 heavy (non-hydrogen) atoms. The number of nitrogens with zero attached hydrogens (tertiary/aromatic N) is 1. The van der Waals surface area contributed by atoms with Crippen LogP contribution in [0.15, 0.2) is 30.6 Å². The van der Waals surface area contributed by atoms with Gasteiger partial charge < -0.3 is 5.11 Å². The molecule has 0 aromatic carbocycles. The number of rotatable bonds is 2. The monoisotopic (exact) mass is 302 g/mol. The van der Waals surface area contributed by atoms with Crippen LogP contribution in [0.2, 0.25) is 0 Å². The predicted octanol–water partition coefficient (Wildman–Crippen LogP) is 1.18. The Morgan fingerprint density at radius 2 is 2.33 bits per heavy atom. The Labute approximate surface area is 111 Å². The Bertz CT molecular complexity index is 272. The first-order valence-corrected chi connectivity index (χ1v) is 3.10. The second kappa shape index (κ2) is 6.46. The fraction of sp³-hybridized carbons (Fsp3) is 0. The van der Waals surface area contributed by atoms with Gasteiger partial charge in [-0.3, -0.25) is 4.98 Å². The third kappa shape index (κ3) is 4.75. The minimum Gasteiger partial charge on any atom is -0.478 e. The second-order valence-corrected chi connectivity index (χ2v) is 1.96. The molecule has 0 amide bonds. The van der Waals surface area contributed by atoms with Crippen molar-refractivity contribution < 1.29 is 59.3 Å². The van der Waals surface area contributed by atoms with Gasteiger partial charge in [-0.2, -0.15) is 0 Å². The van der Waals surface area contributed by atoms with Gasteiger partial charge >= 0.3 is 5.97 Å². The number of pyridine rings is 1. The van der Waals surface area contributed by atoms with E-state index in [9.17, 15) is 4.79 Å². The number of aliphatic carboxylic acids is 1. The third-order valence-electron chi connectivity index (χ3n) is 1.10. The minimum absolute atomic E-state index is 0. The molecular weight excluding hydrogens is 294 g/mol. The summed E-state index contributed by atoms with van der Waals surface area (Å²) in [5, 5.41) is 8.27. The van der Waals surface area contributed by atoms with E-state index in [1.54, 1.807) is 24.5 Å². The zero-order valence-electron chi connectivity index (χ0n) is 6.14. The van der Waals surface area contributed by atoms with E-state index in [0.717, 1.165) is 11.6 Å². The van der Waals surface area contributed by atoms with E-state index in [4.69, 9.17) is 5.11 Å². The molecule has 0 spiro atoms. The normalized spacial score (nSPS) is 9.33. The van der Waals surface area contributed by atoms with E-state index in [2.05, 4.69) is 4.98 Å². The molecule has 0 aliphatic rings. The summed E-state index contributed by atoms with van der Waals surface area (Å²) in [5.41, 5.74) is 0.787. The van der Waals surface area contributed by atoms with Crippen LogP contribution < -0.4 is 0 Å². The van der Waals surface area contributed by atoms with E-state index in [1.807, 2.05) is 0 Å². The molecule has 0 unspecified atom stereocenters. The Hall–Kier alpha value is -0.0556. The SMILES string of the molecule is O=C(O)C=Cc1cccnc1.[Eu]. The number of carboxylic acid groups (broad SMARTS) is 1. The Kier molecular flexibility index (Phi) is 6.43. The summed E-state index contributed by atoms with van der Waals surface area (Å²) >= 11 is 0. The molecule has 1 N–H and O–H groups in total. The van der Waals surface area contributed by atoms with Gasteiger partial charge in [0.2, 0.25) is 0 Å². The van der Waals surface area contributed by atoms with Gasteiger partial charge in [-0.25, -0.2) is 4.79 Å². The molecular formula is C8H7EuNO2. The van der Waals surface area contributed by atoms with Crippen molar-refractivity contribution in [1.82, 2.24) is 4.98 Å². The molecule has 1 aromatic rings. The minimum atomic E-state index is -0.950. The summed E-state index contributed by atoms with van der Waals surface area (Å²) in [4.78, 5) is 13.9. The van der Waals surface area contributed by atoms with Gasteiger partial charge in [0.15, 0.2) is 0 Å². The average Bonchev–Trinajstić information content (AvgIpc) is 2.03. The molecule has 0 saturated carbocycles. The fourth-order valence-electron chi connectivity index (χ4n) is 0.642. The molecule has 4 heteroatoms. The standard InChI is InChI=1S/C8H7NO2.Eu/c10-8(11)4-3-7-2-1-5-9-6-7;/h1-6H,(H,10,11);. The first-order chi connectivity index (χ1) is 5.29. The van der Waals surface area contributed by atoms with Crippen molar-refractivity contribution in [1.29, 1.82) is 0 Å². The Balaban J connectivity index is 0.00000121. The van der Waals surface area contributed by atoms with Crippen molar-refractivity contribution in [3.63, 3.8) is 0 Å². The van der Waals surface area contributed by atoms with Crippen molar-refractivity contribution >= 4 is 12.0 Å². The van der Waals surface area contributed by atoms with E-state index in [1.165, 1.54) is 6.08 Å². The maximum Gasteiger partial charge on any atom is 0.328 e. The van der Waals surface area contributed by atoms with Crippen molar-refractivity contribution in [3.05, 3.63) is 36.2 Å². The zero-order valence-corrected chi connectivity index (χ0v) is 8.57. The number of hydrogen-bond donors (Lipinski definition) is 1. The van der Waals surface area contributed by atoms with Gasteiger partial charge in [0, 0.05) is 67.8 Å². The topological polar surface area (TPSA) is 50.2 Å². The predicted molar refractivity (Wildman–Crippen MR) is 40.9 cm³/mol. The first kappa shape index (κ1) is 11.9. The number of aromatic nitrogens is 1. The molecule has 0 saturated heterocycles. The zero-order chi connectivity index (χ0) is 8.10. The second-order valence-electron chi connectivity index (χ2n) is 1.96. The molecule has 1 rings (SSSR count). The summed E-state index contributed by atoms with van der Waals surface area (Å²) < 4.78 is 0. The summed E-state index contributed by atoms with van der Waals surface area (Å²) in [7, 11) is 0. The van der Waals surface area contributed by atoms with Gasteiger partial charge in [-0.15, -0.1) is 0 Å². The van der Waals surface area contributed by atoms with Crippen LogP contribution in [0.25, 0.3) is 6.08 Å². The van der Waals surface area contributed by atoms with Crippen molar-refractivity contribution in [2.24, 2.45) is 0 Å². The molecule has 1 radical (unpaired) electrons. The maximum atomic E-state index is 10.1. The van der Waals surface area contributed by atoms with Crippen molar-refractivity contribution in [3.8, 4) is 0 Å². The number of carbonyl (C=O) groups is 1. The first-order valence-electron chi connectivity index (χ1n) is 3.10. The van der Waals surface area contributed by atoms with Gasteiger partial charge in [-0.1, -0.05) is 6.07 Å². The summed E-state index contributed by atoms with van der Waals surface area (Å²) in [6.07, 6.45) is 5.81. The molecule has 0 fully saturated rings. The summed E-state index contributed by atoms with van der Waals surface area (Å²) in [6.45, 7) is 0. The van der Waals surface area contributed by atoms with Gasteiger partial charge in [-0.05, 0) is 17.7 Å². The van der Waals surface area contributed by atoms with E-state index in [-0.39, 0.29) is 49.4 Å². The van der Waals surface area contributed by atoms with E-state index < -0.39 is 5.97 Å².